The SMILES string of the molecule is Cn1cc([C@H]2OCC[C@@H]2CNCc2ccccc2Cn2ccnc2)cn1. The lowest BCUT2D eigenvalue weighted by molar-refractivity contribution is 0.0904. The second-order valence-corrected chi connectivity index (χ2v) is 6.92. The highest BCUT2D eigenvalue weighted by Crippen LogP contribution is 2.33. The summed E-state index contributed by atoms with van der Waals surface area (Å²) < 4.78 is 9.90. The van der Waals surface area contributed by atoms with Gasteiger partial charge < -0.3 is 14.6 Å². The van der Waals surface area contributed by atoms with Crippen molar-refractivity contribution in [2.45, 2.75) is 25.6 Å². The zero-order valence-corrected chi connectivity index (χ0v) is 15.1. The molecule has 3 heterocycles. The number of hydrogen-bond acceptors (Lipinski definition) is 4. The van der Waals surface area contributed by atoms with E-state index in [1.54, 1.807) is 0 Å². The molecule has 4 rings (SSSR count). The van der Waals surface area contributed by atoms with E-state index in [0.717, 1.165) is 32.7 Å². The molecule has 6 nitrogen and oxygen atoms in total. The molecule has 2 aromatic heterocycles. The largest absolute Gasteiger partial charge is 0.373 e. The van der Waals surface area contributed by atoms with Crippen LogP contribution in [0.1, 0.15) is 29.2 Å². The van der Waals surface area contributed by atoms with Gasteiger partial charge in [-0.15, -0.1) is 0 Å². The van der Waals surface area contributed by atoms with Gasteiger partial charge >= 0.3 is 0 Å². The lowest BCUT2D eigenvalue weighted by atomic mass is 9.97. The van der Waals surface area contributed by atoms with Crippen molar-refractivity contribution in [3.63, 3.8) is 0 Å². The fraction of sp³-hybridized carbons (Fsp3) is 0.400. The maximum atomic E-state index is 5.96. The van der Waals surface area contributed by atoms with Crippen molar-refractivity contribution in [3.8, 4) is 0 Å². The number of ether oxygens (including phenoxy) is 1. The minimum absolute atomic E-state index is 0.150. The number of imidazole rings is 1. The van der Waals surface area contributed by atoms with Crippen LogP contribution >= 0.6 is 0 Å². The summed E-state index contributed by atoms with van der Waals surface area (Å²) in [6.07, 6.45) is 10.9. The van der Waals surface area contributed by atoms with Crippen LogP contribution in [0.4, 0.5) is 0 Å². The molecule has 0 amide bonds. The van der Waals surface area contributed by atoms with Gasteiger partial charge in [0.2, 0.25) is 0 Å². The van der Waals surface area contributed by atoms with Crippen molar-refractivity contribution < 1.29 is 4.74 Å². The smallest absolute Gasteiger partial charge is 0.0949 e. The van der Waals surface area contributed by atoms with Crippen LogP contribution in [0.15, 0.2) is 55.4 Å². The molecule has 6 heteroatoms. The Morgan fingerprint density at radius 1 is 1.27 bits per heavy atom. The molecule has 1 N–H and O–H groups in total. The Bertz CT molecular complexity index is 826. The van der Waals surface area contributed by atoms with Crippen LogP contribution in [0.5, 0.6) is 0 Å². The van der Waals surface area contributed by atoms with E-state index >= 15 is 0 Å². The number of benzene rings is 1. The Balaban J connectivity index is 1.36. The molecule has 1 saturated heterocycles. The molecule has 0 bridgehead atoms. The quantitative estimate of drug-likeness (QED) is 0.711. The first-order valence-corrected chi connectivity index (χ1v) is 9.13. The van der Waals surface area contributed by atoms with Gasteiger partial charge in [-0.3, -0.25) is 4.68 Å². The molecule has 0 aliphatic carbocycles. The maximum absolute atomic E-state index is 5.96. The summed E-state index contributed by atoms with van der Waals surface area (Å²) in [5.41, 5.74) is 3.83. The number of rotatable bonds is 7. The minimum atomic E-state index is 0.150. The summed E-state index contributed by atoms with van der Waals surface area (Å²) in [4.78, 5) is 4.13. The Morgan fingerprint density at radius 3 is 2.92 bits per heavy atom. The average Bonchev–Trinajstić information content (AvgIpc) is 3.38. The van der Waals surface area contributed by atoms with E-state index < -0.39 is 0 Å². The van der Waals surface area contributed by atoms with Gasteiger partial charge in [-0.1, -0.05) is 24.3 Å². The van der Waals surface area contributed by atoms with Gasteiger partial charge in [0.25, 0.3) is 0 Å². The van der Waals surface area contributed by atoms with Gasteiger partial charge in [0.15, 0.2) is 0 Å². The van der Waals surface area contributed by atoms with Crippen molar-refractivity contribution in [3.05, 3.63) is 72.1 Å². The summed E-state index contributed by atoms with van der Waals surface area (Å²) in [5, 5.41) is 7.92. The third kappa shape index (κ3) is 3.86. The van der Waals surface area contributed by atoms with E-state index in [4.69, 9.17) is 4.74 Å². The van der Waals surface area contributed by atoms with Gasteiger partial charge in [-0.25, -0.2) is 4.98 Å². The van der Waals surface area contributed by atoms with Crippen LogP contribution in [-0.2, 0) is 24.9 Å². The standard InChI is InChI=1S/C20H25N5O/c1-24-13-19(12-23-24)20-17(6-9-26-20)11-22-10-16-4-2-3-5-18(16)14-25-8-7-21-15-25/h2-5,7-8,12-13,15,17,20,22H,6,9-11,14H2,1H3/t17-,20+/m1/s1. The number of hydrogen-bond donors (Lipinski definition) is 1. The van der Waals surface area contributed by atoms with Crippen molar-refractivity contribution in [1.29, 1.82) is 0 Å². The average molecular weight is 351 g/mol. The first-order chi connectivity index (χ1) is 12.8. The highest BCUT2D eigenvalue weighted by atomic mass is 16.5. The second-order valence-electron chi connectivity index (χ2n) is 6.92. The third-order valence-electron chi connectivity index (χ3n) is 5.02. The number of aryl methyl sites for hydroxylation is 1. The number of aromatic nitrogens is 4. The summed E-state index contributed by atoms with van der Waals surface area (Å²) >= 11 is 0. The molecule has 26 heavy (non-hydrogen) atoms. The second kappa shape index (κ2) is 7.85. The van der Waals surface area contributed by atoms with Crippen LogP contribution < -0.4 is 5.32 Å². The molecule has 0 spiro atoms. The Kier molecular flexibility index (Phi) is 5.13. The van der Waals surface area contributed by atoms with Crippen LogP contribution in [0.3, 0.4) is 0 Å². The molecule has 3 aromatic rings. The summed E-state index contributed by atoms with van der Waals surface area (Å²) in [5.74, 6) is 0.486. The highest BCUT2D eigenvalue weighted by molar-refractivity contribution is 5.27. The lowest BCUT2D eigenvalue weighted by Crippen LogP contribution is -2.25. The van der Waals surface area contributed by atoms with Crippen LogP contribution in [0.2, 0.25) is 0 Å². The minimum Gasteiger partial charge on any atom is -0.373 e. The van der Waals surface area contributed by atoms with Crippen molar-refractivity contribution in [2.24, 2.45) is 13.0 Å². The summed E-state index contributed by atoms with van der Waals surface area (Å²) in [7, 11) is 1.95. The monoisotopic (exact) mass is 351 g/mol. The van der Waals surface area contributed by atoms with E-state index in [1.807, 2.05) is 36.6 Å². The van der Waals surface area contributed by atoms with E-state index in [2.05, 4.69) is 50.4 Å². The van der Waals surface area contributed by atoms with E-state index in [-0.39, 0.29) is 6.10 Å². The molecule has 1 fully saturated rings. The fourth-order valence-electron chi connectivity index (χ4n) is 3.65. The summed E-state index contributed by atoms with van der Waals surface area (Å²) in [6, 6.07) is 8.59. The third-order valence-corrected chi connectivity index (χ3v) is 5.02. The van der Waals surface area contributed by atoms with E-state index in [0.29, 0.717) is 5.92 Å². The topological polar surface area (TPSA) is 56.9 Å². The molecule has 0 radical (unpaired) electrons. The van der Waals surface area contributed by atoms with Gasteiger partial charge in [-0.05, 0) is 17.5 Å². The first-order valence-electron chi connectivity index (χ1n) is 9.13. The predicted molar refractivity (Wildman–Crippen MR) is 99.5 cm³/mol. The van der Waals surface area contributed by atoms with Crippen molar-refractivity contribution >= 4 is 0 Å². The number of nitrogens with zero attached hydrogens (tertiary/aromatic N) is 4. The predicted octanol–water partition coefficient (Wildman–Crippen LogP) is 2.53. The Labute approximate surface area is 153 Å². The normalized spacial score (nSPS) is 19.9. The molecule has 1 aliphatic heterocycles. The molecular weight excluding hydrogens is 326 g/mol. The lowest BCUT2D eigenvalue weighted by Gasteiger charge is -2.18. The van der Waals surface area contributed by atoms with Gasteiger partial charge in [0.05, 0.1) is 18.6 Å². The van der Waals surface area contributed by atoms with Gasteiger partial charge in [0.1, 0.15) is 0 Å². The maximum Gasteiger partial charge on any atom is 0.0949 e. The fourth-order valence-corrected chi connectivity index (χ4v) is 3.65. The molecular formula is C20H25N5O. The Morgan fingerprint density at radius 2 is 2.15 bits per heavy atom. The molecule has 136 valence electrons. The van der Waals surface area contributed by atoms with E-state index in [9.17, 15) is 0 Å². The van der Waals surface area contributed by atoms with E-state index in [1.165, 1.54) is 16.7 Å². The number of nitrogens with one attached hydrogen (secondary N) is 1. The molecule has 0 unspecified atom stereocenters. The summed E-state index contributed by atoms with van der Waals surface area (Å²) in [6.45, 7) is 3.48. The Hall–Kier alpha value is -2.44. The van der Waals surface area contributed by atoms with Crippen LogP contribution in [0, 0.1) is 5.92 Å². The molecule has 0 saturated carbocycles. The first kappa shape index (κ1) is 17.0. The zero-order valence-electron chi connectivity index (χ0n) is 15.1. The molecule has 1 aromatic carbocycles. The van der Waals surface area contributed by atoms with Crippen LogP contribution in [0.25, 0.3) is 0 Å². The zero-order chi connectivity index (χ0) is 17.8. The van der Waals surface area contributed by atoms with Crippen molar-refractivity contribution in [2.75, 3.05) is 13.2 Å². The molecule has 1 aliphatic rings. The van der Waals surface area contributed by atoms with Crippen molar-refractivity contribution in [1.82, 2.24) is 24.6 Å². The highest BCUT2D eigenvalue weighted by Gasteiger charge is 2.30. The van der Waals surface area contributed by atoms with Gasteiger partial charge in [0, 0.05) is 63.4 Å². The van der Waals surface area contributed by atoms with Crippen LogP contribution in [-0.4, -0.2) is 32.5 Å². The van der Waals surface area contributed by atoms with Gasteiger partial charge in [-0.2, -0.15) is 5.10 Å². The molecule has 2 atom stereocenters.